The summed E-state index contributed by atoms with van der Waals surface area (Å²) in [5.41, 5.74) is 0.891. The molecule has 1 aromatic carbocycles. The number of nitrogens with zero attached hydrogens (tertiary/aromatic N) is 3. The molecule has 2 atom stereocenters. The lowest BCUT2D eigenvalue weighted by molar-refractivity contribution is 0.416. The van der Waals surface area contributed by atoms with E-state index in [9.17, 15) is 8.42 Å². The van der Waals surface area contributed by atoms with Crippen LogP contribution in [0.4, 0.5) is 6.01 Å². The SMILES string of the molecule is CCCC1CN(c2nc(-c3ccccc3)no2)CC1NS(C)(=O)=O. The summed E-state index contributed by atoms with van der Waals surface area (Å²) < 4.78 is 31.3. The molecule has 1 N–H and O–H groups in total. The number of anilines is 1. The summed E-state index contributed by atoms with van der Waals surface area (Å²) >= 11 is 0. The van der Waals surface area contributed by atoms with Gasteiger partial charge in [-0.25, -0.2) is 13.1 Å². The van der Waals surface area contributed by atoms with Gasteiger partial charge in [0.25, 0.3) is 0 Å². The first-order valence-corrected chi connectivity index (χ1v) is 9.97. The van der Waals surface area contributed by atoms with Crippen molar-refractivity contribution in [3.8, 4) is 11.4 Å². The van der Waals surface area contributed by atoms with E-state index >= 15 is 0 Å². The highest BCUT2D eigenvalue weighted by Crippen LogP contribution is 2.28. The maximum absolute atomic E-state index is 11.6. The smallest absolute Gasteiger partial charge is 0.322 e. The summed E-state index contributed by atoms with van der Waals surface area (Å²) in [6.07, 6.45) is 3.14. The molecule has 3 rings (SSSR count). The Kier molecular flexibility index (Phi) is 4.86. The maximum atomic E-state index is 11.6. The predicted molar refractivity (Wildman–Crippen MR) is 92.1 cm³/mol. The van der Waals surface area contributed by atoms with Crippen molar-refractivity contribution in [3.63, 3.8) is 0 Å². The van der Waals surface area contributed by atoms with E-state index in [4.69, 9.17) is 4.52 Å². The molecule has 24 heavy (non-hydrogen) atoms. The van der Waals surface area contributed by atoms with Gasteiger partial charge in [0.15, 0.2) is 0 Å². The molecule has 1 fully saturated rings. The highest BCUT2D eigenvalue weighted by atomic mass is 32.2. The van der Waals surface area contributed by atoms with Gasteiger partial charge in [0.05, 0.1) is 6.26 Å². The van der Waals surface area contributed by atoms with Crippen LogP contribution in [0.15, 0.2) is 34.9 Å². The largest absolute Gasteiger partial charge is 0.324 e. The van der Waals surface area contributed by atoms with Crippen molar-refractivity contribution in [2.75, 3.05) is 24.2 Å². The number of nitrogens with one attached hydrogen (secondary N) is 1. The van der Waals surface area contributed by atoms with Crippen molar-refractivity contribution in [1.82, 2.24) is 14.9 Å². The minimum Gasteiger partial charge on any atom is -0.322 e. The summed E-state index contributed by atoms with van der Waals surface area (Å²) in [5.74, 6) is 0.772. The molecule has 1 saturated heterocycles. The molecule has 130 valence electrons. The first-order valence-electron chi connectivity index (χ1n) is 8.07. The van der Waals surface area contributed by atoms with Crippen LogP contribution in [0.5, 0.6) is 0 Å². The van der Waals surface area contributed by atoms with E-state index < -0.39 is 10.0 Å². The van der Waals surface area contributed by atoms with Crippen LogP contribution in [0, 0.1) is 5.92 Å². The van der Waals surface area contributed by atoms with Crippen LogP contribution in [0.25, 0.3) is 11.4 Å². The zero-order valence-electron chi connectivity index (χ0n) is 13.8. The Morgan fingerprint density at radius 2 is 2.04 bits per heavy atom. The summed E-state index contributed by atoms with van der Waals surface area (Å²) in [4.78, 5) is 6.42. The van der Waals surface area contributed by atoms with Crippen molar-refractivity contribution in [2.24, 2.45) is 5.92 Å². The van der Waals surface area contributed by atoms with Gasteiger partial charge in [-0.05, 0) is 12.3 Å². The predicted octanol–water partition coefficient (Wildman–Crippen LogP) is 1.89. The molecule has 0 spiro atoms. The second-order valence-electron chi connectivity index (χ2n) is 6.22. The average molecular weight is 350 g/mol. The first-order chi connectivity index (χ1) is 11.5. The van der Waals surface area contributed by atoms with Gasteiger partial charge in [0.2, 0.25) is 15.8 Å². The molecule has 0 aliphatic carbocycles. The second-order valence-corrected chi connectivity index (χ2v) is 8.00. The lowest BCUT2D eigenvalue weighted by Gasteiger charge is -2.17. The number of benzene rings is 1. The van der Waals surface area contributed by atoms with Gasteiger partial charge in [-0.2, -0.15) is 4.98 Å². The van der Waals surface area contributed by atoms with Crippen LogP contribution in [-0.4, -0.2) is 43.9 Å². The van der Waals surface area contributed by atoms with E-state index in [0.29, 0.717) is 24.9 Å². The van der Waals surface area contributed by atoms with Gasteiger partial charge in [-0.3, -0.25) is 0 Å². The lowest BCUT2D eigenvalue weighted by atomic mass is 9.99. The number of sulfonamides is 1. The van der Waals surface area contributed by atoms with Gasteiger partial charge >= 0.3 is 6.01 Å². The minimum atomic E-state index is -3.25. The van der Waals surface area contributed by atoms with Gasteiger partial charge in [-0.1, -0.05) is 48.8 Å². The fourth-order valence-electron chi connectivity index (χ4n) is 3.15. The van der Waals surface area contributed by atoms with E-state index in [-0.39, 0.29) is 12.0 Å². The van der Waals surface area contributed by atoms with Crippen molar-refractivity contribution < 1.29 is 12.9 Å². The molecule has 0 amide bonds. The Morgan fingerprint density at radius 1 is 1.29 bits per heavy atom. The van der Waals surface area contributed by atoms with E-state index in [2.05, 4.69) is 21.8 Å². The Bertz CT molecular complexity index is 776. The monoisotopic (exact) mass is 350 g/mol. The van der Waals surface area contributed by atoms with Crippen LogP contribution in [-0.2, 0) is 10.0 Å². The molecular weight excluding hydrogens is 328 g/mol. The normalized spacial score (nSPS) is 21.3. The third-order valence-corrected chi connectivity index (χ3v) is 4.91. The van der Waals surface area contributed by atoms with Crippen molar-refractivity contribution in [3.05, 3.63) is 30.3 Å². The number of rotatable bonds is 6. The zero-order valence-corrected chi connectivity index (χ0v) is 14.7. The first kappa shape index (κ1) is 16.9. The lowest BCUT2D eigenvalue weighted by Crippen LogP contribution is -2.39. The summed E-state index contributed by atoms with van der Waals surface area (Å²) in [6, 6.07) is 9.93. The van der Waals surface area contributed by atoms with E-state index in [1.54, 1.807) is 0 Å². The fourth-order valence-corrected chi connectivity index (χ4v) is 3.96. The van der Waals surface area contributed by atoms with E-state index in [1.807, 2.05) is 35.2 Å². The number of hydrogen-bond acceptors (Lipinski definition) is 6. The van der Waals surface area contributed by atoms with Crippen molar-refractivity contribution >= 4 is 16.0 Å². The molecule has 7 nitrogen and oxygen atoms in total. The Balaban J connectivity index is 1.77. The van der Waals surface area contributed by atoms with Gasteiger partial charge in [0.1, 0.15) is 0 Å². The molecule has 2 aromatic rings. The average Bonchev–Trinajstić information content (AvgIpc) is 3.15. The van der Waals surface area contributed by atoms with Crippen LogP contribution in [0.1, 0.15) is 19.8 Å². The number of hydrogen-bond donors (Lipinski definition) is 1. The third-order valence-electron chi connectivity index (χ3n) is 4.18. The van der Waals surface area contributed by atoms with Crippen LogP contribution in [0.3, 0.4) is 0 Å². The molecule has 1 aliphatic rings. The van der Waals surface area contributed by atoms with Gasteiger partial charge in [0, 0.05) is 24.7 Å². The van der Waals surface area contributed by atoms with Crippen LogP contribution in [0.2, 0.25) is 0 Å². The van der Waals surface area contributed by atoms with E-state index in [1.165, 1.54) is 6.26 Å². The minimum absolute atomic E-state index is 0.132. The molecule has 8 heteroatoms. The van der Waals surface area contributed by atoms with E-state index in [0.717, 1.165) is 18.4 Å². The zero-order chi connectivity index (χ0) is 17.2. The maximum Gasteiger partial charge on any atom is 0.324 e. The quantitative estimate of drug-likeness (QED) is 0.856. The number of aromatic nitrogens is 2. The highest BCUT2D eigenvalue weighted by molar-refractivity contribution is 7.88. The van der Waals surface area contributed by atoms with Gasteiger partial charge < -0.3 is 9.42 Å². The standard InChI is InChI=1S/C16H22N4O3S/c1-3-7-13-10-20(11-14(13)19-24(2,21)22)16-17-15(18-23-16)12-8-5-4-6-9-12/h4-6,8-9,13-14,19H,3,7,10-11H2,1-2H3. The Labute approximate surface area is 142 Å². The molecule has 0 saturated carbocycles. The molecule has 1 aliphatic heterocycles. The summed E-state index contributed by atoms with van der Waals surface area (Å²) in [7, 11) is -3.25. The highest BCUT2D eigenvalue weighted by Gasteiger charge is 2.36. The molecule has 0 bridgehead atoms. The Hall–Kier alpha value is -1.93. The molecule has 2 heterocycles. The molecule has 2 unspecified atom stereocenters. The van der Waals surface area contributed by atoms with Crippen molar-refractivity contribution in [2.45, 2.75) is 25.8 Å². The third kappa shape index (κ3) is 3.93. The van der Waals surface area contributed by atoms with Gasteiger partial charge in [-0.15, -0.1) is 0 Å². The summed E-state index contributed by atoms with van der Waals surface area (Å²) in [6.45, 7) is 3.34. The van der Waals surface area contributed by atoms with Crippen LogP contribution >= 0.6 is 0 Å². The topological polar surface area (TPSA) is 88.3 Å². The fraction of sp³-hybridized carbons (Fsp3) is 0.500. The molecule has 1 aromatic heterocycles. The Morgan fingerprint density at radius 3 is 2.71 bits per heavy atom. The molecule has 0 radical (unpaired) electrons. The second kappa shape index (κ2) is 6.90. The molecular formula is C16H22N4O3S. The summed E-state index contributed by atoms with van der Waals surface area (Å²) in [5, 5.41) is 4.04. The van der Waals surface area contributed by atoms with Crippen molar-refractivity contribution in [1.29, 1.82) is 0 Å². The van der Waals surface area contributed by atoms with Crippen LogP contribution < -0.4 is 9.62 Å².